The summed E-state index contributed by atoms with van der Waals surface area (Å²) in [6, 6.07) is 0. The molecule has 1 rings (SSSR count). The van der Waals surface area contributed by atoms with Crippen molar-refractivity contribution in [2.75, 3.05) is 0 Å². The maximum absolute atomic E-state index is 11.1. The van der Waals surface area contributed by atoms with Crippen molar-refractivity contribution in [3.05, 3.63) is 0 Å². The van der Waals surface area contributed by atoms with Crippen LogP contribution in [0.25, 0.3) is 0 Å². The first-order valence-corrected chi connectivity index (χ1v) is 4.52. The quantitative estimate of drug-likeness (QED) is 0.520. The Morgan fingerprint density at radius 3 is 2.38 bits per heavy atom. The molecule has 0 bridgehead atoms. The van der Waals surface area contributed by atoms with Crippen LogP contribution in [0.15, 0.2) is 0 Å². The fourth-order valence-corrected chi connectivity index (χ4v) is 1.68. The molecule has 1 amide bonds. The van der Waals surface area contributed by atoms with Crippen LogP contribution in [0.5, 0.6) is 0 Å². The molecule has 1 aliphatic carbocycles. The van der Waals surface area contributed by atoms with Gasteiger partial charge >= 0.3 is 5.97 Å². The van der Waals surface area contributed by atoms with E-state index in [0.29, 0.717) is 0 Å². The first-order chi connectivity index (χ1) is 6.02. The fraction of sp³-hybridized carbons (Fsp3) is 0.778. The van der Waals surface area contributed by atoms with E-state index in [1.165, 1.54) is 0 Å². The topological polar surface area (TPSA) is 69.4 Å². The Bertz CT molecular complexity index is 219. The van der Waals surface area contributed by atoms with Gasteiger partial charge in [0.15, 0.2) is 0 Å². The zero-order valence-electron chi connectivity index (χ0n) is 7.84. The van der Waals surface area contributed by atoms with E-state index in [1.54, 1.807) is 0 Å². The van der Waals surface area contributed by atoms with Crippen LogP contribution in [0.1, 0.15) is 39.0 Å². The molecule has 0 aliphatic heterocycles. The average molecular weight is 185 g/mol. The van der Waals surface area contributed by atoms with E-state index < -0.39 is 11.9 Å². The number of carbonyl (C=O) groups is 2. The molecule has 13 heavy (non-hydrogen) atoms. The van der Waals surface area contributed by atoms with E-state index >= 15 is 0 Å². The number of hydrogen-bond acceptors (Lipinski definition) is 3. The minimum atomic E-state index is -0.633. The van der Waals surface area contributed by atoms with Crippen LogP contribution >= 0.6 is 0 Å². The highest BCUT2D eigenvalue weighted by Gasteiger charge is 2.32. The third-order valence-corrected chi connectivity index (χ3v) is 2.34. The molecule has 0 atom stereocenters. The molecule has 74 valence electrons. The van der Waals surface area contributed by atoms with Gasteiger partial charge in [-0.25, -0.2) is 0 Å². The van der Waals surface area contributed by atoms with Crippen molar-refractivity contribution in [1.29, 1.82) is 0 Å². The monoisotopic (exact) mass is 185 g/mol. The summed E-state index contributed by atoms with van der Waals surface area (Å²) < 4.78 is 5.17. The predicted molar refractivity (Wildman–Crippen MR) is 46.8 cm³/mol. The number of hydrogen-bond donors (Lipinski definition) is 1. The van der Waals surface area contributed by atoms with E-state index in [2.05, 4.69) is 0 Å². The number of nitrogens with two attached hydrogens (primary N) is 1. The molecule has 4 heteroatoms. The van der Waals surface area contributed by atoms with E-state index in [1.807, 2.05) is 6.92 Å². The largest absolute Gasteiger partial charge is 0.459 e. The predicted octanol–water partition coefficient (Wildman–Crippen LogP) is 0.738. The van der Waals surface area contributed by atoms with Crippen LogP contribution in [0, 0.1) is 0 Å². The van der Waals surface area contributed by atoms with Crippen molar-refractivity contribution in [1.82, 2.24) is 0 Å². The molecule has 1 aliphatic rings. The van der Waals surface area contributed by atoms with Crippen LogP contribution in [0.3, 0.4) is 0 Å². The Morgan fingerprint density at radius 1 is 1.38 bits per heavy atom. The van der Waals surface area contributed by atoms with Gasteiger partial charge in [0.05, 0.1) is 0 Å². The normalized spacial score (nSPS) is 19.8. The lowest BCUT2D eigenvalue weighted by Crippen LogP contribution is -2.30. The van der Waals surface area contributed by atoms with E-state index in [-0.39, 0.29) is 12.0 Å². The van der Waals surface area contributed by atoms with Crippen molar-refractivity contribution in [3.63, 3.8) is 0 Å². The Labute approximate surface area is 77.4 Å². The SMILES string of the molecule is CC1(OC(=O)CC(N)=O)CCCC1. The molecule has 0 saturated heterocycles. The number of ether oxygens (including phenoxy) is 1. The number of esters is 1. The number of rotatable bonds is 3. The van der Waals surface area contributed by atoms with Crippen molar-refractivity contribution >= 4 is 11.9 Å². The molecule has 0 aromatic carbocycles. The summed E-state index contributed by atoms with van der Waals surface area (Å²) in [6.07, 6.45) is 3.63. The lowest BCUT2D eigenvalue weighted by atomic mass is 10.1. The third kappa shape index (κ3) is 3.05. The summed E-state index contributed by atoms with van der Waals surface area (Å²) >= 11 is 0. The van der Waals surface area contributed by atoms with Crippen LogP contribution < -0.4 is 5.73 Å². The molecule has 2 N–H and O–H groups in total. The van der Waals surface area contributed by atoms with Crippen molar-refractivity contribution in [2.24, 2.45) is 5.73 Å². The highest BCUT2D eigenvalue weighted by Crippen LogP contribution is 2.32. The second-order valence-corrected chi connectivity index (χ2v) is 3.77. The first-order valence-electron chi connectivity index (χ1n) is 4.52. The van der Waals surface area contributed by atoms with Gasteiger partial charge in [-0.05, 0) is 32.6 Å². The third-order valence-electron chi connectivity index (χ3n) is 2.34. The van der Waals surface area contributed by atoms with Crippen molar-refractivity contribution < 1.29 is 14.3 Å². The van der Waals surface area contributed by atoms with Crippen LogP contribution in [0.4, 0.5) is 0 Å². The summed E-state index contributed by atoms with van der Waals surface area (Å²) in [5, 5.41) is 0. The minimum Gasteiger partial charge on any atom is -0.459 e. The van der Waals surface area contributed by atoms with Crippen LogP contribution in [-0.4, -0.2) is 17.5 Å². The van der Waals surface area contributed by atoms with Crippen molar-refractivity contribution in [2.45, 2.75) is 44.6 Å². The molecule has 0 heterocycles. The van der Waals surface area contributed by atoms with Crippen molar-refractivity contribution in [3.8, 4) is 0 Å². The Hall–Kier alpha value is -1.06. The standard InChI is InChI=1S/C9H15NO3/c1-9(4-2-3-5-9)13-8(12)6-7(10)11/h2-6H2,1H3,(H2,10,11). The summed E-state index contributed by atoms with van der Waals surface area (Å²) in [7, 11) is 0. The molecule has 0 aromatic heterocycles. The molecule has 0 aromatic rings. The van der Waals surface area contributed by atoms with Gasteiger partial charge < -0.3 is 10.5 Å². The van der Waals surface area contributed by atoms with Gasteiger partial charge in [-0.3, -0.25) is 9.59 Å². The molecular formula is C9H15NO3. The maximum atomic E-state index is 11.1. The van der Waals surface area contributed by atoms with Gasteiger partial charge in [0, 0.05) is 0 Å². The van der Waals surface area contributed by atoms with Gasteiger partial charge in [-0.1, -0.05) is 0 Å². The zero-order chi connectivity index (χ0) is 9.90. The summed E-state index contributed by atoms with van der Waals surface area (Å²) in [4.78, 5) is 21.5. The lowest BCUT2D eigenvalue weighted by Gasteiger charge is -2.23. The Kier molecular flexibility index (Phi) is 2.90. The second kappa shape index (κ2) is 3.77. The molecule has 1 saturated carbocycles. The highest BCUT2D eigenvalue weighted by atomic mass is 16.6. The van der Waals surface area contributed by atoms with E-state index in [9.17, 15) is 9.59 Å². The molecule has 4 nitrogen and oxygen atoms in total. The van der Waals surface area contributed by atoms with Gasteiger partial charge in [0.2, 0.25) is 5.91 Å². The second-order valence-electron chi connectivity index (χ2n) is 3.77. The Morgan fingerprint density at radius 2 is 1.92 bits per heavy atom. The maximum Gasteiger partial charge on any atom is 0.315 e. The number of carbonyl (C=O) groups excluding carboxylic acids is 2. The van der Waals surface area contributed by atoms with Gasteiger partial charge in [0.25, 0.3) is 0 Å². The molecular weight excluding hydrogens is 170 g/mol. The average Bonchev–Trinajstić information content (AvgIpc) is 2.33. The van der Waals surface area contributed by atoms with E-state index in [4.69, 9.17) is 10.5 Å². The number of primary amides is 1. The van der Waals surface area contributed by atoms with Gasteiger partial charge in [-0.2, -0.15) is 0 Å². The van der Waals surface area contributed by atoms with Gasteiger partial charge in [-0.15, -0.1) is 0 Å². The fourth-order valence-electron chi connectivity index (χ4n) is 1.68. The van der Waals surface area contributed by atoms with Crippen LogP contribution in [0.2, 0.25) is 0 Å². The summed E-state index contributed by atoms with van der Waals surface area (Å²) in [6.45, 7) is 1.90. The van der Waals surface area contributed by atoms with E-state index in [0.717, 1.165) is 25.7 Å². The molecule has 0 spiro atoms. The molecule has 0 radical (unpaired) electrons. The zero-order valence-corrected chi connectivity index (χ0v) is 7.84. The first kappa shape index (κ1) is 10.0. The lowest BCUT2D eigenvalue weighted by molar-refractivity contribution is -0.158. The van der Waals surface area contributed by atoms with Crippen LogP contribution in [-0.2, 0) is 14.3 Å². The minimum absolute atomic E-state index is 0.310. The molecule has 1 fully saturated rings. The number of amides is 1. The Balaban J connectivity index is 2.38. The smallest absolute Gasteiger partial charge is 0.315 e. The summed E-state index contributed by atoms with van der Waals surface area (Å²) in [5.74, 6) is -1.14. The van der Waals surface area contributed by atoms with Gasteiger partial charge in [0.1, 0.15) is 12.0 Å². The highest BCUT2D eigenvalue weighted by molar-refractivity contribution is 5.93. The molecule has 0 unspecified atom stereocenters. The summed E-state index contributed by atoms with van der Waals surface area (Å²) in [5.41, 5.74) is 4.52.